The van der Waals surface area contributed by atoms with Crippen LogP contribution in [0.5, 0.6) is 0 Å². The van der Waals surface area contributed by atoms with Gasteiger partial charge in [-0.15, -0.1) is 0 Å². The lowest BCUT2D eigenvalue weighted by Crippen LogP contribution is -2.24. The minimum absolute atomic E-state index is 0.331. The fraction of sp³-hybridized carbons (Fsp3) is 0.571. The van der Waals surface area contributed by atoms with Gasteiger partial charge in [0.05, 0.1) is 15.8 Å². The van der Waals surface area contributed by atoms with Crippen molar-refractivity contribution in [3.05, 3.63) is 22.4 Å². The molecule has 0 aromatic heterocycles. The summed E-state index contributed by atoms with van der Waals surface area (Å²) in [6.07, 6.45) is 0. The third-order valence-corrected chi connectivity index (χ3v) is 3.94. The number of hydrogen-bond donors (Lipinski definition) is 2. The van der Waals surface area contributed by atoms with Gasteiger partial charge in [0, 0.05) is 12.6 Å². The quantitative estimate of drug-likeness (QED) is 0.784. The summed E-state index contributed by atoms with van der Waals surface area (Å²) < 4.78 is 13.7. The highest BCUT2D eigenvalue weighted by Gasteiger charge is 2.17. The smallest absolute Gasteiger partial charge is 0.139 e. The fourth-order valence-electron chi connectivity index (χ4n) is 2.18. The highest BCUT2D eigenvalue weighted by molar-refractivity contribution is 9.10. The Hall–Kier alpha value is -0.770. The SMILES string of the molecule is CC(C)C(CNc1cc(Br)c(F)cc1N)C(C)C. The van der Waals surface area contributed by atoms with Gasteiger partial charge in [-0.2, -0.15) is 0 Å². The molecule has 0 aliphatic carbocycles. The third-order valence-electron chi connectivity index (χ3n) is 3.33. The van der Waals surface area contributed by atoms with E-state index >= 15 is 0 Å². The molecule has 1 rings (SSSR count). The molecule has 0 bridgehead atoms. The van der Waals surface area contributed by atoms with Crippen molar-refractivity contribution >= 4 is 27.3 Å². The third kappa shape index (κ3) is 3.87. The first-order chi connectivity index (χ1) is 8.32. The Labute approximate surface area is 117 Å². The molecule has 0 heterocycles. The highest BCUT2D eigenvalue weighted by atomic mass is 79.9. The van der Waals surface area contributed by atoms with Crippen LogP contribution >= 0.6 is 15.9 Å². The molecule has 18 heavy (non-hydrogen) atoms. The first-order valence-electron chi connectivity index (χ1n) is 6.31. The van der Waals surface area contributed by atoms with Gasteiger partial charge < -0.3 is 11.1 Å². The molecule has 0 spiro atoms. The van der Waals surface area contributed by atoms with Crippen molar-refractivity contribution in [2.24, 2.45) is 17.8 Å². The van der Waals surface area contributed by atoms with Gasteiger partial charge >= 0.3 is 0 Å². The van der Waals surface area contributed by atoms with E-state index in [-0.39, 0.29) is 5.82 Å². The number of nitrogen functional groups attached to an aromatic ring is 1. The predicted octanol–water partition coefficient (Wildman–Crippen LogP) is 4.51. The zero-order valence-corrected chi connectivity index (χ0v) is 13.0. The maximum absolute atomic E-state index is 13.3. The molecule has 4 heteroatoms. The molecule has 0 unspecified atom stereocenters. The topological polar surface area (TPSA) is 38.0 Å². The first-order valence-corrected chi connectivity index (χ1v) is 7.10. The van der Waals surface area contributed by atoms with Crippen LogP contribution in [0.3, 0.4) is 0 Å². The van der Waals surface area contributed by atoms with E-state index in [1.807, 2.05) is 0 Å². The minimum atomic E-state index is -0.331. The molecule has 3 N–H and O–H groups in total. The van der Waals surface area contributed by atoms with Crippen LogP contribution in [0.2, 0.25) is 0 Å². The second-order valence-corrected chi connectivity index (χ2v) is 6.24. The van der Waals surface area contributed by atoms with Crippen LogP contribution in [0.4, 0.5) is 15.8 Å². The lowest BCUT2D eigenvalue weighted by atomic mass is 9.85. The maximum Gasteiger partial charge on any atom is 0.139 e. The van der Waals surface area contributed by atoms with Gasteiger partial charge in [0.2, 0.25) is 0 Å². The minimum Gasteiger partial charge on any atom is -0.397 e. The van der Waals surface area contributed by atoms with Gasteiger partial charge in [0.25, 0.3) is 0 Å². The molecule has 2 nitrogen and oxygen atoms in total. The van der Waals surface area contributed by atoms with Crippen molar-refractivity contribution in [1.29, 1.82) is 0 Å². The van der Waals surface area contributed by atoms with Crippen molar-refractivity contribution in [3.8, 4) is 0 Å². The van der Waals surface area contributed by atoms with Gasteiger partial charge in [-0.1, -0.05) is 27.7 Å². The molecular weight excluding hydrogens is 295 g/mol. The van der Waals surface area contributed by atoms with Crippen LogP contribution in [-0.4, -0.2) is 6.54 Å². The van der Waals surface area contributed by atoms with Crippen LogP contribution in [0.15, 0.2) is 16.6 Å². The molecular formula is C14H22BrFN2. The molecule has 0 radical (unpaired) electrons. The van der Waals surface area contributed by atoms with Crippen LogP contribution in [0.25, 0.3) is 0 Å². The summed E-state index contributed by atoms with van der Waals surface area (Å²) in [4.78, 5) is 0. The van der Waals surface area contributed by atoms with Crippen molar-refractivity contribution in [2.45, 2.75) is 27.7 Å². The Balaban J connectivity index is 2.76. The molecule has 0 fully saturated rings. The van der Waals surface area contributed by atoms with E-state index in [0.29, 0.717) is 27.9 Å². The van der Waals surface area contributed by atoms with Crippen molar-refractivity contribution < 1.29 is 4.39 Å². The standard InChI is InChI=1S/C14H22BrFN2/c1-8(2)10(9(3)4)7-18-14-5-11(15)12(16)6-13(14)17/h5-6,8-10,18H,7,17H2,1-4H3. The molecule has 102 valence electrons. The summed E-state index contributed by atoms with van der Waals surface area (Å²) in [7, 11) is 0. The van der Waals surface area contributed by atoms with Gasteiger partial charge in [0.15, 0.2) is 0 Å². The summed E-state index contributed by atoms with van der Waals surface area (Å²) in [6, 6.07) is 3.04. The summed E-state index contributed by atoms with van der Waals surface area (Å²) in [5.74, 6) is 1.43. The Morgan fingerprint density at radius 1 is 1.22 bits per heavy atom. The molecule has 0 aliphatic rings. The van der Waals surface area contributed by atoms with Crippen molar-refractivity contribution in [3.63, 3.8) is 0 Å². The number of anilines is 2. The molecule has 0 aliphatic heterocycles. The molecule has 0 saturated carbocycles. The number of nitrogens with one attached hydrogen (secondary N) is 1. The van der Waals surface area contributed by atoms with E-state index < -0.39 is 0 Å². The van der Waals surface area contributed by atoms with Crippen LogP contribution in [0.1, 0.15) is 27.7 Å². The predicted molar refractivity (Wildman–Crippen MR) is 80.2 cm³/mol. The average molecular weight is 317 g/mol. The highest BCUT2D eigenvalue weighted by Crippen LogP contribution is 2.28. The normalized spacial score (nSPS) is 11.6. The zero-order chi connectivity index (χ0) is 13.9. The van der Waals surface area contributed by atoms with Crippen LogP contribution < -0.4 is 11.1 Å². The van der Waals surface area contributed by atoms with E-state index in [1.165, 1.54) is 6.07 Å². The Morgan fingerprint density at radius 2 is 1.78 bits per heavy atom. The van der Waals surface area contributed by atoms with E-state index in [1.54, 1.807) is 6.07 Å². The lowest BCUT2D eigenvalue weighted by molar-refractivity contribution is 0.304. The second-order valence-electron chi connectivity index (χ2n) is 5.39. The van der Waals surface area contributed by atoms with Gasteiger partial charge in [0.1, 0.15) is 5.82 Å². The number of nitrogens with two attached hydrogens (primary N) is 1. The maximum atomic E-state index is 13.3. The van der Waals surface area contributed by atoms with Gasteiger partial charge in [-0.05, 0) is 39.8 Å². The summed E-state index contributed by atoms with van der Waals surface area (Å²) in [5.41, 5.74) is 7.04. The zero-order valence-electron chi connectivity index (χ0n) is 11.4. The summed E-state index contributed by atoms with van der Waals surface area (Å²) >= 11 is 3.17. The van der Waals surface area contributed by atoms with Gasteiger partial charge in [-0.25, -0.2) is 4.39 Å². The Morgan fingerprint density at radius 3 is 2.28 bits per heavy atom. The van der Waals surface area contributed by atoms with E-state index in [9.17, 15) is 4.39 Å². The summed E-state index contributed by atoms with van der Waals surface area (Å²) in [5, 5.41) is 3.32. The molecule has 0 amide bonds. The fourth-order valence-corrected chi connectivity index (χ4v) is 2.53. The van der Waals surface area contributed by atoms with Crippen LogP contribution in [0, 0.1) is 23.6 Å². The molecule has 1 aromatic rings. The number of hydrogen-bond acceptors (Lipinski definition) is 2. The average Bonchev–Trinajstić information content (AvgIpc) is 2.24. The lowest BCUT2D eigenvalue weighted by Gasteiger charge is -2.26. The van der Waals surface area contributed by atoms with E-state index in [0.717, 1.165) is 12.2 Å². The second kappa shape index (κ2) is 6.41. The van der Waals surface area contributed by atoms with E-state index in [2.05, 4.69) is 48.9 Å². The van der Waals surface area contributed by atoms with E-state index in [4.69, 9.17) is 5.73 Å². The number of halogens is 2. The molecule has 1 aromatic carbocycles. The first kappa shape index (κ1) is 15.3. The Kier molecular flexibility index (Phi) is 5.45. The number of benzene rings is 1. The van der Waals surface area contributed by atoms with Crippen molar-refractivity contribution in [1.82, 2.24) is 0 Å². The molecule has 0 saturated heterocycles. The molecule has 0 atom stereocenters. The monoisotopic (exact) mass is 316 g/mol. The van der Waals surface area contributed by atoms with Gasteiger partial charge in [-0.3, -0.25) is 0 Å². The Bertz CT molecular complexity index is 397. The summed E-state index contributed by atoms with van der Waals surface area (Å²) in [6.45, 7) is 9.72. The van der Waals surface area contributed by atoms with Crippen LogP contribution in [-0.2, 0) is 0 Å². The largest absolute Gasteiger partial charge is 0.397 e. The van der Waals surface area contributed by atoms with Crippen molar-refractivity contribution in [2.75, 3.05) is 17.6 Å². The number of rotatable bonds is 5.